The molecule has 0 aliphatic carbocycles. The molecule has 0 aliphatic rings. The van der Waals surface area contributed by atoms with E-state index < -0.39 is 0 Å². The smallest absolute Gasteiger partial charge is 0.218 e. The van der Waals surface area contributed by atoms with Gasteiger partial charge in [0.05, 0.1) is 7.11 Å². The summed E-state index contributed by atoms with van der Waals surface area (Å²) in [5, 5.41) is 11.1. The molecule has 0 radical (unpaired) electrons. The Kier molecular flexibility index (Phi) is 3.72. The van der Waals surface area contributed by atoms with Gasteiger partial charge in [0.25, 0.3) is 0 Å². The number of aromatic nitrogens is 3. The Morgan fingerprint density at radius 3 is 2.88 bits per heavy atom. The Hall–Kier alpha value is -1.88. The van der Waals surface area contributed by atoms with Crippen molar-refractivity contribution in [2.24, 2.45) is 0 Å². The molecule has 0 spiro atoms. The molecule has 2 aromatic rings. The van der Waals surface area contributed by atoms with Gasteiger partial charge in [0.2, 0.25) is 5.88 Å². The van der Waals surface area contributed by atoms with E-state index in [1.807, 2.05) is 12.1 Å². The standard InChI is InChI=1S/C11H11ClN4O/c1-17-11-8(3-2-6-13-11)7-14-10-5-4-9(12)15-16-10/h2-6H,7H2,1H3,(H,14,16). The van der Waals surface area contributed by atoms with Crippen molar-refractivity contribution in [1.29, 1.82) is 0 Å². The van der Waals surface area contributed by atoms with Crippen LogP contribution in [-0.4, -0.2) is 22.3 Å². The van der Waals surface area contributed by atoms with Gasteiger partial charge in [-0.25, -0.2) is 4.98 Å². The van der Waals surface area contributed by atoms with Gasteiger partial charge in [-0.05, 0) is 18.2 Å². The number of nitrogens with zero attached hydrogens (tertiary/aromatic N) is 3. The molecule has 2 heterocycles. The van der Waals surface area contributed by atoms with E-state index in [0.717, 1.165) is 5.56 Å². The molecule has 0 saturated carbocycles. The third kappa shape index (κ3) is 3.04. The maximum Gasteiger partial charge on any atom is 0.218 e. The van der Waals surface area contributed by atoms with Gasteiger partial charge in [-0.3, -0.25) is 0 Å². The number of methoxy groups -OCH3 is 1. The second-order valence-corrected chi connectivity index (χ2v) is 3.65. The van der Waals surface area contributed by atoms with Gasteiger partial charge in [0.1, 0.15) is 5.82 Å². The summed E-state index contributed by atoms with van der Waals surface area (Å²) in [6.07, 6.45) is 1.68. The van der Waals surface area contributed by atoms with E-state index in [1.54, 1.807) is 25.4 Å². The van der Waals surface area contributed by atoms with Crippen LogP contribution >= 0.6 is 11.6 Å². The first-order chi connectivity index (χ1) is 8.29. The lowest BCUT2D eigenvalue weighted by Crippen LogP contribution is -2.04. The first kappa shape index (κ1) is 11.6. The fourth-order valence-corrected chi connectivity index (χ4v) is 1.44. The molecule has 0 bridgehead atoms. The summed E-state index contributed by atoms with van der Waals surface area (Å²) in [4.78, 5) is 4.10. The number of anilines is 1. The molecule has 6 heteroatoms. The van der Waals surface area contributed by atoms with E-state index >= 15 is 0 Å². The molecule has 0 aliphatic heterocycles. The van der Waals surface area contributed by atoms with Crippen LogP contribution in [0.1, 0.15) is 5.56 Å². The molecule has 0 saturated heterocycles. The van der Waals surface area contributed by atoms with Crippen LogP contribution in [0, 0.1) is 0 Å². The topological polar surface area (TPSA) is 59.9 Å². The van der Waals surface area contributed by atoms with Gasteiger partial charge >= 0.3 is 0 Å². The second-order valence-electron chi connectivity index (χ2n) is 3.27. The highest BCUT2D eigenvalue weighted by molar-refractivity contribution is 6.29. The van der Waals surface area contributed by atoms with Crippen molar-refractivity contribution in [3.63, 3.8) is 0 Å². The van der Waals surface area contributed by atoms with Crippen molar-refractivity contribution >= 4 is 17.4 Å². The molecule has 0 amide bonds. The largest absolute Gasteiger partial charge is 0.481 e. The fraction of sp³-hybridized carbons (Fsp3) is 0.182. The van der Waals surface area contributed by atoms with Crippen LogP contribution in [0.4, 0.5) is 5.82 Å². The molecule has 0 aromatic carbocycles. The van der Waals surface area contributed by atoms with E-state index in [1.165, 1.54) is 0 Å². The number of hydrogen-bond acceptors (Lipinski definition) is 5. The zero-order chi connectivity index (χ0) is 12.1. The molecule has 2 rings (SSSR count). The quantitative estimate of drug-likeness (QED) is 0.901. The number of halogens is 1. The minimum Gasteiger partial charge on any atom is -0.481 e. The summed E-state index contributed by atoms with van der Waals surface area (Å²) < 4.78 is 5.14. The highest BCUT2D eigenvalue weighted by atomic mass is 35.5. The Morgan fingerprint density at radius 1 is 1.29 bits per heavy atom. The monoisotopic (exact) mass is 250 g/mol. The number of hydrogen-bond donors (Lipinski definition) is 1. The summed E-state index contributed by atoms with van der Waals surface area (Å²) in [6.45, 7) is 0.563. The normalized spacial score (nSPS) is 10.0. The molecule has 17 heavy (non-hydrogen) atoms. The van der Waals surface area contributed by atoms with Crippen molar-refractivity contribution in [3.8, 4) is 5.88 Å². The van der Waals surface area contributed by atoms with Crippen LogP contribution in [0.3, 0.4) is 0 Å². The summed E-state index contributed by atoms with van der Waals surface area (Å²) in [7, 11) is 1.59. The summed E-state index contributed by atoms with van der Waals surface area (Å²) >= 11 is 5.65. The molecule has 0 fully saturated rings. The first-order valence-electron chi connectivity index (χ1n) is 5.00. The van der Waals surface area contributed by atoms with E-state index in [2.05, 4.69) is 20.5 Å². The third-order valence-electron chi connectivity index (χ3n) is 2.14. The van der Waals surface area contributed by atoms with Crippen LogP contribution in [0.25, 0.3) is 0 Å². The molecule has 1 N–H and O–H groups in total. The third-order valence-corrected chi connectivity index (χ3v) is 2.34. The molecular formula is C11H11ClN4O. The number of nitrogens with one attached hydrogen (secondary N) is 1. The molecule has 88 valence electrons. The average Bonchev–Trinajstić information content (AvgIpc) is 2.38. The number of rotatable bonds is 4. The van der Waals surface area contributed by atoms with Gasteiger partial charge in [-0.2, -0.15) is 0 Å². The molecule has 5 nitrogen and oxygen atoms in total. The van der Waals surface area contributed by atoms with E-state index in [4.69, 9.17) is 16.3 Å². The minimum atomic E-state index is 0.370. The Labute approximate surface area is 104 Å². The molecule has 2 aromatic heterocycles. The van der Waals surface area contributed by atoms with Crippen molar-refractivity contribution in [2.45, 2.75) is 6.54 Å². The van der Waals surface area contributed by atoms with Gasteiger partial charge in [0.15, 0.2) is 5.15 Å². The maximum atomic E-state index is 5.65. The van der Waals surface area contributed by atoms with Crippen LogP contribution in [-0.2, 0) is 6.54 Å². The number of ether oxygens (including phenoxy) is 1. The number of pyridine rings is 1. The lowest BCUT2D eigenvalue weighted by Gasteiger charge is -2.08. The predicted molar refractivity (Wildman–Crippen MR) is 65.2 cm³/mol. The Bertz CT molecular complexity index is 489. The maximum absolute atomic E-state index is 5.65. The van der Waals surface area contributed by atoms with E-state index in [0.29, 0.717) is 23.4 Å². The lowest BCUT2D eigenvalue weighted by molar-refractivity contribution is 0.393. The van der Waals surface area contributed by atoms with Crippen molar-refractivity contribution < 1.29 is 4.74 Å². The van der Waals surface area contributed by atoms with Crippen LogP contribution < -0.4 is 10.1 Å². The fourth-order valence-electron chi connectivity index (χ4n) is 1.34. The van der Waals surface area contributed by atoms with Gasteiger partial charge in [-0.15, -0.1) is 10.2 Å². The lowest BCUT2D eigenvalue weighted by atomic mass is 10.2. The summed E-state index contributed by atoms with van der Waals surface area (Å²) in [6, 6.07) is 7.23. The SMILES string of the molecule is COc1ncccc1CNc1ccc(Cl)nn1. The average molecular weight is 251 g/mol. The van der Waals surface area contributed by atoms with Crippen LogP contribution in [0.5, 0.6) is 5.88 Å². The van der Waals surface area contributed by atoms with Gasteiger partial charge < -0.3 is 10.1 Å². The van der Waals surface area contributed by atoms with Crippen molar-refractivity contribution in [3.05, 3.63) is 41.2 Å². The zero-order valence-electron chi connectivity index (χ0n) is 9.22. The van der Waals surface area contributed by atoms with Gasteiger partial charge in [0, 0.05) is 18.3 Å². The highest BCUT2D eigenvalue weighted by Crippen LogP contribution is 2.15. The Morgan fingerprint density at radius 2 is 2.18 bits per heavy atom. The van der Waals surface area contributed by atoms with Crippen LogP contribution in [0.2, 0.25) is 5.15 Å². The first-order valence-corrected chi connectivity index (χ1v) is 5.38. The zero-order valence-corrected chi connectivity index (χ0v) is 9.98. The van der Waals surface area contributed by atoms with Crippen molar-refractivity contribution in [2.75, 3.05) is 12.4 Å². The summed E-state index contributed by atoms with van der Waals surface area (Å²) in [5.41, 5.74) is 0.951. The predicted octanol–water partition coefficient (Wildman–Crippen LogP) is 2.15. The summed E-state index contributed by atoms with van der Waals surface area (Å²) in [5.74, 6) is 1.25. The Balaban J connectivity index is 2.04. The van der Waals surface area contributed by atoms with E-state index in [9.17, 15) is 0 Å². The molecule has 0 atom stereocenters. The highest BCUT2D eigenvalue weighted by Gasteiger charge is 2.03. The van der Waals surface area contributed by atoms with Gasteiger partial charge in [-0.1, -0.05) is 17.7 Å². The van der Waals surface area contributed by atoms with E-state index in [-0.39, 0.29) is 0 Å². The second kappa shape index (κ2) is 5.45. The van der Waals surface area contributed by atoms with Crippen molar-refractivity contribution in [1.82, 2.24) is 15.2 Å². The van der Waals surface area contributed by atoms with Crippen LogP contribution in [0.15, 0.2) is 30.5 Å². The molecule has 0 unspecified atom stereocenters. The molecular weight excluding hydrogens is 240 g/mol. The minimum absolute atomic E-state index is 0.370.